The Kier molecular flexibility index (Phi) is 8.04. The third kappa shape index (κ3) is 6.71. The van der Waals surface area contributed by atoms with Crippen LogP contribution in [-0.2, 0) is 9.59 Å². The average Bonchev–Trinajstić information content (AvgIpc) is 2.72. The number of carbonyl (C=O) groups excluding carboxylic acids is 3. The van der Waals surface area contributed by atoms with Crippen LogP contribution in [0.2, 0.25) is 0 Å². The fourth-order valence-corrected chi connectivity index (χ4v) is 4.08. The van der Waals surface area contributed by atoms with E-state index in [-0.39, 0.29) is 24.3 Å². The molecule has 1 aromatic rings. The number of rotatable bonds is 5. The zero-order valence-electron chi connectivity index (χ0n) is 17.4. The van der Waals surface area contributed by atoms with Crippen molar-refractivity contribution in [2.45, 2.75) is 44.9 Å². The van der Waals surface area contributed by atoms with Crippen molar-refractivity contribution >= 4 is 23.5 Å². The maximum absolute atomic E-state index is 13.2. The largest absolute Gasteiger partial charge is 0.341 e. The van der Waals surface area contributed by atoms with Crippen molar-refractivity contribution in [1.82, 2.24) is 15.1 Å². The van der Waals surface area contributed by atoms with Gasteiger partial charge in [-0.25, -0.2) is 9.18 Å². The van der Waals surface area contributed by atoms with E-state index in [2.05, 4.69) is 10.6 Å². The maximum atomic E-state index is 13.2. The van der Waals surface area contributed by atoms with Crippen molar-refractivity contribution in [2.24, 2.45) is 5.92 Å². The fourth-order valence-electron chi connectivity index (χ4n) is 4.08. The standard InChI is InChI=1S/C22H31FN4O3/c23-18-8-5-9-19(13-18)25-22(30)24-14-17-7-6-12-26(15-17)21(29)16-27-11-4-2-1-3-10-20(27)28/h5,8-9,13,17H,1-4,6-7,10-12,14-16H2,(H2,24,25,30). The summed E-state index contributed by atoms with van der Waals surface area (Å²) in [6.07, 6.45) is 6.36. The van der Waals surface area contributed by atoms with Crippen LogP contribution in [0.5, 0.6) is 0 Å². The number of hydrogen-bond acceptors (Lipinski definition) is 3. The number of anilines is 1. The van der Waals surface area contributed by atoms with Crippen molar-refractivity contribution < 1.29 is 18.8 Å². The van der Waals surface area contributed by atoms with Gasteiger partial charge < -0.3 is 20.4 Å². The Bertz CT molecular complexity index is 758. The summed E-state index contributed by atoms with van der Waals surface area (Å²) in [4.78, 5) is 40.6. The van der Waals surface area contributed by atoms with Gasteiger partial charge in [-0.3, -0.25) is 9.59 Å². The summed E-state index contributed by atoms with van der Waals surface area (Å²) < 4.78 is 13.2. The topological polar surface area (TPSA) is 81.8 Å². The molecule has 2 fully saturated rings. The molecule has 2 heterocycles. The van der Waals surface area contributed by atoms with Crippen LogP contribution in [0.4, 0.5) is 14.9 Å². The summed E-state index contributed by atoms with van der Waals surface area (Å²) in [5.74, 6) is -0.193. The molecule has 8 heteroatoms. The lowest BCUT2D eigenvalue weighted by Gasteiger charge is -2.34. The molecule has 0 aromatic heterocycles. The van der Waals surface area contributed by atoms with Crippen LogP contribution in [0.25, 0.3) is 0 Å². The second kappa shape index (κ2) is 10.9. The molecule has 7 nitrogen and oxygen atoms in total. The molecule has 1 unspecified atom stereocenters. The van der Waals surface area contributed by atoms with E-state index < -0.39 is 11.8 Å². The first-order chi connectivity index (χ1) is 14.5. The molecule has 1 aromatic carbocycles. The van der Waals surface area contributed by atoms with E-state index in [1.165, 1.54) is 18.2 Å². The monoisotopic (exact) mass is 418 g/mol. The molecular weight excluding hydrogens is 387 g/mol. The highest BCUT2D eigenvalue weighted by Gasteiger charge is 2.26. The lowest BCUT2D eigenvalue weighted by atomic mass is 9.98. The van der Waals surface area contributed by atoms with Gasteiger partial charge in [0.05, 0.1) is 6.54 Å². The minimum atomic E-state index is -0.409. The molecule has 2 N–H and O–H groups in total. The number of nitrogens with one attached hydrogen (secondary N) is 2. The van der Waals surface area contributed by atoms with Crippen LogP contribution in [0.15, 0.2) is 24.3 Å². The molecule has 1 atom stereocenters. The molecule has 164 valence electrons. The third-order valence-corrected chi connectivity index (χ3v) is 5.75. The van der Waals surface area contributed by atoms with Gasteiger partial charge in [-0.1, -0.05) is 18.9 Å². The highest BCUT2D eigenvalue weighted by molar-refractivity contribution is 5.89. The molecule has 4 amide bonds. The minimum Gasteiger partial charge on any atom is -0.341 e. The van der Waals surface area contributed by atoms with Crippen molar-refractivity contribution in [3.05, 3.63) is 30.1 Å². The second-order valence-electron chi connectivity index (χ2n) is 8.17. The Morgan fingerprint density at radius 2 is 1.93 bits per heavy atom. The Labute approximate surface area is 177 Å². The smallest absolute Gasteiger partial charge is 0.319 e. The first-order valence-electron chi connectivity index (χ1n) is 10.9. The van der Waals surface area contributed by atoms with Gasteiger partial charge >= 0.3 is 6.03 Å². The number of likely N-dealkylation sites (tertiary alicyclic amines) is 2. The average molecular weight is 419 g/mol. The van der Waals surface area contributed by atoms with E-state index in [0.717, 1.165) is 38.5 Å². The predicted molar refractivity (Wildman–Crippen MR) is 112 cm³/mol. The molecule has 0 aliphatic carbocycles. The van der Waals surface area contributed by atoms with Crippen molar-refractivity contribution in [3.8, 4) is 0 Å². The fraction of sp³-hybridized carbons (Fsp3) is 0.591. The Morgan fingerprint density at radius 3 is 2.77 bits per heavy atom. The lowest BCUT2D eigenvalue weighted by molar-refractivity contribution is -0.142. The van der Waals surface area contributed by atoms with Crippen LogP contribution in [0.3, 0.4) is 0 Å². The number of carbonyl (C=O) groups is 3. The van der Waals surface area contributed by atoms with E-state index in [1.807, 2.05) is 4.90 Å². The van der Waals surface area contributed by atoms with Gasteiger partial charge in [0.2, 0.25) is 11.8 Å². The van der Waals surface area contributed by atoms with Crippen molar-refractivity contribution in [3.63, 3.8) is 0 Å². The van der Waals surface area contributed by atoms with Gasteiger partial charge in [-0.05, 0) is 49.8 Å². The van der Waals surface area contributed by atoms with Crippen LogP contribution in [0, 0.1) is 11.7 Å². The second-order valence-corrected chi connectivity index (χ2v) is 8.17. The summed E-state index contributed by atoms with van der Waals surface area (Å²) in [5.41, 5.74) is 0.394. The van der Waals surface area contributed by atoms with Gasteiger partial charge in [0.15, 0.2) is 0 Å². The summed E-state index contributed by atoms with van der Waals surface area (Å²) in [6, 6.07) is 5.34. The zero-order valence-corrected chi connectivity index (χ0v) is 17.4. The molecule has 30 heavy (non-hydrogen) atoms. The number of piperidine rings is 1. The lowest BCUT2D eigenvalue weighted by Crippen LogP contribution is -2.48. The molecule has 3 rings (SSSR count). The molecule has 0 radical (unpaired) electrons. The van der Waals surface area contributed by atoms with Crippen LogP contribution >= 0.6 is 0 Å². The van der Waals surface area contributed by atoms with E-state index in [0.29, 0.717) is 38.3 Å². The van der Waals surface area contributed by atoms with Gasteiger partial charge in [-0.2, -0.15) is 0 Å². The first-order valence-corrected chi connectivity index (χ1v) is 10.9. The van der Waals surface area contributed by atoms with Crippen LogP contribution in [0.1, 0.15) is 44.9 Å². The summed E-state index contributed by atoms with van der Waals surface area (Å²) in [5, 5.41) is 5.42. The summed E-state index contributed by atoms with van der Waals surface area (Å²) >= 11 is 0. The van der Waals surface area contributed by atoms with Gasteiger partial charge in [-0.15, -0.1) is 0 Å². The van der Waals surface area contributed by atoms with Gasteiger partial charge in [0.25, 0.3) is 0 Å². The van der Waals surface area contributed by atoms with Crippen LogP contribution < -0.4 is 10.6 Å². The van der Waals surface area contributed by atoms with E-state index in [9.17, 15) is 18.8 Å². The summed E-state index contributed by atoms with van der Waals surface area (Å²) in [7, 11) is 0. The molecule has 0 bridgehead atoms. The SMILES string of the molecule is O=C(NCC1CCCN(C(=O)CN2CCCCCCC2=O)C1)Nc1cccc(F)c1. The number of nitrogens with zero attached hydrogens (tertiary/aromatic N) is 2. The molecule has 2 saturated heterocycles. The maximum Gasteiger partial charge on any atom is 0.319 e. The molecule has 0 saturated carbocycles. The first kappa shape index (κ1) is 22.1. The number of benzene rings is 1. The van der Waals surface area contributed by atoms with E-state index in [4.69, 9.17) is 0 Å². The van der Waals surface area contributed by atoms with Gasteiger partial charge in [0, 0.05) is 38.3 Å². The molecule has 2 aliphatic heterocycles. The zero-order chi connectivity index (χ0) is 21.3. The minimum absolute atomic E-state index is 0.0159. The van der Waals surface area contributed by atoms with Crippen molar-refractivity contribution in [2.75, 3.05) is 38.0 Å². The highest BCUT2D eigenvalue weighted by atomic mass is 19.1. The number of halogens is 1. The van der Waals surface area contributed by atoms with Crippen LogP contribution in [-0.4, -0.2) is 60.4 Å². The normalized spacial score (nSPS) is 20.3. The molecule has 2 aliphatic rings. The van der Waals surface area contributed by atoms with Crippen molar-refractivity contribution in [1.29, 1.82) is 0 Å². The Hall–Kier alpha value is -2.64. The highest BCUT2D eigenvalue weighted by Crippen LogP contribution is 2.18. The third-order valence-electron chi connectivity index (χ3n) is 5.75. The Balaban J connectivity index is 1.44. The van der Waals surface area contributed by atoms with E-state index >= 15 is 0 Å². The number of hydrogen-bond donors (Lipinski definition) is 2. The quantitative estimate of drug-likeness (QED) is 0.771. The van der Waals surface area contributed by atoms with Gasteiger partial charge in [0.1, 0.15) is 5.82 Å². The summed E-state index contributed by atoms with van der Waals surface area (Å²) in [6.45, 7) is 2.50. The number of urea groups is 1. The predicted octanol–water partition coefficient (Wildman–Crippen LogP) is 2.98. The number of amides is 4. The van der Waals surface area contributed by atoms with E-state index in [1.54, 1.807) is 11.0 Å². The Morgan fingerprint density at radius 1 is 1.10 bits per heavy atom. The molecule has 0 spiro atoms. The molecular formula is C22H31FN4O3.